The summed E-state index contributed by atoms with van der Waals surface area (Å²) >= 11 is 0. The molecule has 0 amide bonds. The molecule has 1 heteroatoms. The Morgan fingerprint density at radius 3 is 2.76 bits per heavy atom. The molecule has 4 rings (SSSR count). The van der Waals surface area contributed by atoms with Crippen LogP contribution in [0.1, 0.15) is 52.9 Å². The fraction of sp³-hybridized carbons (Fsp3) is 0.550. The Balaban J connectivity index is 1.86. The van der Waals surface area contributed by atoms with Crippen LogP contribution >= 0.6 is 0 Å². The zero-order valence-electron chi connectivity index (χ0n) is 13.3. The third-order valence-corrected chi connectivity index (χ3v) is 6.81. The molecule has 3 unspecified atom stereocenters. The molecule has 0 aliphatic heterocycles. The second-order valence-electron chi connectivity index (χ2n) is 7.80. The minimum atomic E-state index is 0.103. The van der Waals surface area contributed by atoms with E-state index in [-0.39, 0.29) is 5.41 Å². The first-order valence-corrected chi connectivity index (χ1v) is 8.33. The maximum Gasteiger partial charge on any atom is 0.156 e. The molecule has 0 saturated carbocycles. The van der Waals surface area contributed by atoms with Gasteiger partial charge >= 0.3 is 0 Å². The first kappa shape index (κ1) is 13.3. The van der Waals surface area contributed by atoms with Gasteiger partial charge in [0.25, 0.3) is 0 Å². The lowest BCUT2D eigenvalue weighted by Crippen LogP contribution is -2.36. The smallest absolute Gasteiger partial charge is 0.156 e. The highest BCUT2D eigenvalue weighted by Crippen LogP contribution is 2.60. The number of ketones is 1. The van der Waals surface area contributed by atoms with Crippen molar-refractivity contribution in [2.24, 2.45) is 16.7 Å². The average Bonchev–Trinajstić information content (AvgIpc) is 2.76. The van der Waals surface area contributed by atoms with Crippen LogP contribution in [0.15, 0.2) is 46.6 Å². The lowest BCUT2D eigenvalue weighted by Gasteiger charge is -2.47. The van der Waals surface area contributed by atoms with Crippen molar-refractivity contribution in [1.82, 2.24) is 0 Å². The standard InChI is InChI=1S/C20H24O/c1-13-4-7-17-16-6-5-14-12-15(21)8-10-20(14,3)18(16)9-11-19(13,17)2/h5-7,12-13H,4,8-11H2,1-3H3. The maximum atomic E-state index is 11.8. The second kappa shape index (κ2) is 4.09. The summed E-state index contributed by atoms with van der Waals surface area (Å²) in [5, 5.41) is 0. The van der Waals surface area contributed by atoms with Gasteiger partial charge in [-0.2, -0.15) is 0 Å². The van der Waals surface area contributed by atoms with E-state index < -0.39 is 0 Å². The molecule has 4 aliphatic rings. The summed E-state index contributed by atoms with van der Waals surface area (Å²) in [5.74, 6) is 1.05. The van der Waals surface area contributed by atoms with E-state index in [1.54, 1.807) is 11.1 Å². The van der Waals surface area contributed by atoms with Crippen molar-refractivity contribution in [1.29, 1.82) is 0 Å². The predicted molar refractivity (Wildman–Crippen MR) is 85.8 cm³/mol. The summed E-state index contributed by atoms with van der Waals surface area (Å²) < 4.78 is 0. The van der Waals surface area contributed by atoms with Gasteiger partial charge in [-0.05, 0) is 59.8 Å². The van der Waals surface area contributed by atoms with E-state index in [2.05, 4.69) is 39.0 Å². The Morgan fingerprint density at radius 1 is 1.14 bits per heavy atom. The molecule has 4 aliphatic carbocycles. The van der Waals surface area contributed by atoms with E-state index in [9.17, 15) is 4.79 Å². The van der Waals surface area contributed by atoms with E-state index in [4.69, 9.17) is 0 Å². The van der Waals surface area contributed by atoms with Crippen LogP contribution < -0.4 is 0 Å². The van der Waals surface area contributed by atoms with Gasteiger partial charge in [0.15, 0.2) is 5.78 Å². The molecule has 0 aromatic heterocycles. The summed E-state index contributed by atoms with van der Waals surface area (Å²) in [7, 11) is 0. The van der Waals surface area contributed by atoms with E-state index in [0.717, 1.165) is 12.3 Å². The maximum absolute atomic E-state index is 11.8. The Morgan fingerprint density at radius 2 is 1.95 bits per heavy atom. The quantitative estimate of drug-likeness (QED) is 0.616. The fourth-order valence-electron chi connectivity index (χ4n) is 4.95. The highest BCUT2D eigenvalue weighted by molar-refractivity contribution is 5.92. The molecule has 0 saturated heterocycles. The number of rotatable bonds is 0. The van der Waals surface area contributed by atoms with E-state index in [0.29, 0.717) is 17.6 Å². The van der Waals surface area contributed by atoms with Crippen LogP contribution in [0.25, 0.3) is 0 Å². The lowest BCUT2D eigenvalue weighted by molar-refractivity contribution is -0.115. The van der Waals surface area contributed by atoms with Crippen molar-refractivity contribution < 1.29 is 4.79 Å². The van der Waals surface area contributed by atoms with Crippen molar-refractivity contribution in [2.75, 3.05) is 0 Å². The SMILES string of the molecule is CC1CC=C2C3=C(CCC21C)C1(C)CCC(=O)C=C1C=C3. The molecule has 3 atom stereocenters. The topological polar surface area (TPSA) is 17.1 Å². The zero-order valence-corrected chi connectivity index (χ0v) is 13.3. The highest BCUT2D eigenvalue weighted by atomic mass is 16.1. The fourth-order valence-corrected chi connectivity index (χ4v) is 4.95. The molecular weight excluding hydrogens is 256 g/mol. The number of hydrogen-bond donors (Lipinski definition) is 0. The van der Waals surface area contributed by atoms with Crippen LogP contribution in [-0.2, 0) is 4.79 Å². The number of hydrogen-bond acceptors (Lipinski definition) is 1. The number of carbonyl (C=O) groups is 1. The lowest BCUT2D eigenvalue weighted by atomic mass is 9.57. The third-order valence-electron chi connectivity index (χ3n) is 6.81. The van der Waals surface area contributed by atoms with Gasteiger partial charge in [-0.1, -0.05) is 44.6 Å². The van der Waals surface area contributed by atoms with Gasteiger partial charge in [0.05, 0.1) is 0 Å². The minimum Gasteiger partial charge on any atom is -0.295 e. The van der Waals surface area contributed by atoms with E-state index in [1.165, 1.54) is 30.4 Å². The molecule has 0 bridgehead atoms. The van der Waals surface area contributed by atoms with Gasteiger partial charge in [-0.25, -0.2) is 0 Å². The van der Waals surface area contributed by atoms with Crippen LogP contribution in [0.4, 0.5) is 0 Å². The summed E-state index contributed by atoms with van der Waals surface area (Å²) in [4.78, 5) is 11.8. The van der Waals surface area contributed by atoms with Gasteiger partial charge < -0.3 is 0 Å². The van der Waals surface area contributed by atoms with Gasteiger partial charge in [0, 0.05) is 11.8 Å². The largest absolute Gasteiger partial charge is 0.295 e. The van der Waals surface area contributed by atoms with Gasteiger partial charge in [-0.3, -0.25) is 4.79 Å². The number of fused-ring (bicyclic) bond motifs is 4. The monoisotopic (exact) mass is 280 g/mol. The van der Waals surface area contributed by atoms with Gasteiger partial charge in [0.2, 0.25) is 0 Å². The van der Waals surface area contributed by atoms with E-state index in [1.807, 2.05) is 6.08 Å². The molecular formula is C20H24O. The molecule has 1 nitrogen and oxygen atoms in total. The molecule has 21 heavy (non-hydrogen) atoms. The number of carbonyl (C=O) groups excluding carboxylic acids is 1. The van der Waals surface area contributed by atoms with Crippen molar-refractivity contribution >= 4 is 5.78 Å². The van der Waals surface area contributed by atoms with Crippen LogP contribution in [-0.4, -0.2) is 5.78 Å². The number of allylic oxidation sites excluding steroid dienone is 8. The summed E-state index contributed by atoms with van der Waals surface area (Å²) in [6.07, 6.45) is 14.3. The Bertz CT molecular complexity index is 657. The zero-order chi connectivity index (χ0) is 14.8. The van der Waals surface area contributed by atoms with Crippen LogP contribution in [0.5, 0.6) is 0 Å². The van der Waals surface area contributed by atoms with Gasteiger partial charge in [-0.15, -0.1) is 0 Å². The molecule has 0 spiro atoms. The molecule has 0 heterocycles. The molecule has 0 radical (unpaired) electrons. The normalized spacial score (nSPS) is 41.3. The first-order chi connectivity index (χ1) is 9.95. The summed E-state index contributed by atoms with van der Waals surface area (Å²) in [6, 6.07) is 0. The summed E-state index contributed by atoms with van der Waals surface area (Å²) in [6.45, 7) is 7.20. The van der Waals surface area contributed by atoms with Gasteiger partial charge in [0.1, 0.15) is 0 Å². The van der Waals surface area contributed by atoms with Crippen LogP contribution in [0.3, 0.4) is 0 Å². The van der Waals surface area contributed by atoms with E-state index >= 15 is 0 Å². The molecule has 0 aromatic rings. The van der Waals surface area contributed by atoms with Crippen molar-refractivity contribution in [3.63, 3.8) is 0 Å². The predicted octanol–water partition coefficient (Wildman–Crippen LogP) is 4.91. The van der Waals surface area contributed by atoms with Crippen LogP contribution in [0, 0.1) is 16.7 Å². The van der Waals surface area contributed by atoms with Crippen molar-refractivity contribution in [3.8, 4) is 0 Å². The highest BCUT2D eigenvalue weighted by Gasteiger charge is 2.48. The molecule has 0 N–H and O–H groups in total. The Hall–Kier alpha value is -1.37. The Labute approximate surface area is 127 Å². The third kappa shape index (κ3) is 1.61. The molecule has 110 valence electrons. The average molecular weight is 280 g/mol. The summed E-state index contributed by atoms with van der Waals surface area (Å²) in [5.41, 5.74) is 6.40. The van der Waals surface area contributed by atoms with Crippen molar-refractivity contribution in [2.45, 2.75) is 52.9 Å². The molecule has 0 fully saturated rings. The minimum absolute atomic E-state index is 0.103. The van der Waals surface area contributed by atoms with Crippen molar-refractivity contribution in [3.05, 3.63) is 46.6 Å². The Kier molecular flexibility index (Phi) is 2.59. The molecule has 0 aromatic carbocycles. The first-order valence-electron chi connectivity index (χ1n) is 8.33. The van der Waals surface area contributed by atoms with Crippen LogP contribution in [0.2, 0.25) is 0 Å². The second-order valence-corrected chi connectivity index (χ2v) is 7.80.